The molecular weight excluding hydrogens is 437 g/mol. The van der Waals surface area contributed by atoms with Crippen LogP contribution in [0.3, 0.4) is 0 Å². The van der Waals surface area contributed by atoms with Gasteiger partial charge in [0, 0.05) is 29.4 Å². The summed E-state index contributed by atoms with van der Waals surface area (Å²) in [7, 11) is 1.17. The first-order valence-electron chi connectivity index (χ1n) is 8.07. The molecule has 0 fully saturated rings. The number of nitrogens with zero attached hydrogens (tertiary/aromatic N) is 4. The van der Waals surface area contributed by atoms with Crippen LogP contribution in [-0.2, 0) is 19.8 Å². The zero-order valence-corrected chi connectivity index (χ0v) is 16.5. The summed E-state index contributed by atoms with van der Waals surface area (Å²) in [5.41, 5.74) is -1.06. The van der Waals surface area contributed by atoms with E-state index in [9.17, 15) is 22.4 Å². The lowest BCUT2D eigenvalue weighted by Crippen LogP contribution is -2.17. The van der Waals surface area contributed by atoms with Gasteiger partial charge in [-0.2, -0.15) is 23.4 Å². The molecule has 154 valence electrons. The highest BCUT2D eigenvalue weighted by molar-refractivity contribution is 6.34. The van der Waals surface area contributed by atoms with Gasteiger partial charge < -0.3 is 5.32 Å². The smallest absolute Gasteiger partial charge is 0.304 e. The van der Waals surface area contributed by atoms with Gasteiger partial charge in [-0.25, -0.2) is 4.39 Å². The number of carbonyl (C=O) groups is 1. The van der Waals surface area contributed by atoms with Crippen molar-refractivity contribution in [3.63, 3.8) is 0 Å². The number of anilines is 1. The van der Waals surface area contributed by atoms with Crippen molar-refractivity contribution in [1.82, 2.24) is 19.6 Å². The summed E-state index contributed by atoms with van der Waals surface area (Å²) in [6.45, 7) is 1.66. The first kappa shape index (κ1) is 21.1. The minimum atomic E-state index is -4.80. The monoisotopic (exact) mass is 449 g/mol. The Kier molecular flexibility index (Phi) is 5.59. The molecule has 3 rings (SSSR count). The number of hydrogen-bond acceptors (Lipinski definition) is 3. The maximum Gasteiger partial charge on any atom is 0.436 e. The van der Waals surface area contributed by atoms with E-state index in [4.69, 9.17) is 23.2 Å². The van der Waals surface area contributed by atoms with Crippen LogP contribution >= 0.6 is 23.2 Å². The van der Waals surface area contributed by atoms with Crippen LogP contribution in [0.15, 0.2) is 24.3 Å². The molecule has 29 heavy (non-hydrogen) atoms. The number of carbonyl (C=O) groups excluding carboxylic acids is 1. The Labute approximate surface area is 172 Å². The lowest BCUT2D eigenvalue weighted by Gasteiger charge is -2.08. The Morgan fingerprint density at radius 1 is 1.24 bits per heavy atom. The Morgan fingerprint density at radius 3 is 2.52 bits per heavy atom. The van der Waals surface area contributed by atoms with Crippen LogP contribution in [0, 0.1) is 12.7 Å². The highest BCUT2D eigenvalue weighted by Crippen LogP contribution is 2.35. The molecule has 0 atom stereocenters. The average Bonchev–Trinajstić information content (AvgIpc) is 3.09. The molecule has 2 aromatic heterocycles. The van der Waals surface area contributed by atoms with Gasteiger partial charge in [-0.1, -0.05) is 29.3 Å². The second-order valence-corrected chi connectivity index (χ2v) is 6.90. The largest absolute Gasteiger partial charge is 0.436 e. The summed E-state index contributed by atoms with van der Waals surface area (Å²) < 4.78 is 54.9. The molecule has 1 N–H and O–H groups in total. The Morgan fingerprint density at radius 2 is 1.93 bits per heavy atom. The van der Waals surface area contributed by atoms with Crippen LogP contribution in [0.1, 0.15) is 27.4 Å². The highest BCUT2D eigenvalue weighted by Gasteiger charge is 2.39. The molecule has 0 radical (unpaired) electrons. The summed E-state index contributed by atoms with van der Waals surface area (Å²) in [5, 5.41) is 9.16. The number of aromatic nitrogens is 4. The van der Waals surface area contributed by atoms with Gasteiger partial charge in [-0.05, 0) is 19.1 Å². The van der Waals surface area contributed by atoms with Gasteiger partial charge in [0.2, 0.25) is 0 Å². The second-order valence-electron chi connectivity index (χ2n) is 6.12. The van der Waals surface area contributed by atoms with Gasteiger partial charge >= 0.3 is 6.18 Å². The number of benzene rings is 1. The van der Waals surface area contributed by atoms with E-state index in [2.05, 4.69) is 15.5 Å². The molecule has 0 aliphatic rings. The zero-order valence-electron chi connectivity index (χ0n) is 15.0. The average molecular weight is 450 g/mol. The van der Waals surface area contributed by atoms with Crippen molar-refractivity contribution in [2.24, 2.45) is 7.05 Å². The third-order valence-corrected chi connectivity index (χ3v) is 4.78. The van der Waals surface area contributed by atoms with Crippen molar-refractivity contribution in [2.75, 3.05) is 5.32 Å². The summed E-state index contributed by atoms with van der Waals surface area (Å²) in [6.07, 6.45) is -4.80. The molecule has 12 heteroatoms. The van der Waals surface area contributed by atoms with Gasteiger partial charge in [-0.3, -0.25) is 14.2 Å². The Hall–Kier alpha value is -2.59. The molecule has 2 heterocycles. The molecule has 1 amide bonds. The van der Waals surface area contributed by atoms with Crippen molar-refractivity contribution in [3.8, 4) is 0 Å². The Bertz CT molecular complexity index is 1070. The van der Waals surface area contributed by atoms with Crippen molar-refractivity contribution in [2.45, 2.75) is 19.6 Å². The molecule has 0 bridgehead atoms. The fourth-order valence-corrected chi connectivity index (χ4v) is 3.24. The molecule has 0 saturated carbocycles. The molecule has 0 aliphatic heterocycles. The third-order valence-electron chi connectivity index (χ3n) is 4.07. The maximum atomic E-state index is 14.0. The van der Waals surface area contributed by atoms with E-state index >= 15 is 0 Å². The third kappa shape index (κ3) is 4.23. The van der Waals surface area contributed by atoms with Crippen molar-refractivity contribution in [3.05, 3.63) is 62.8 Å². The van der Waals surface area contributed by atoms with Crippen LogP contribution in [0.2, 0.25) is 10.0 Å². The molecule has 0 saturated heterocycles. The van der Waals surface area contributed by atoms with Crippen molar-refractivity contribution < 1.29 is 22.4 Å². The predicted molar refractivity (Wildman–Crippen MR) is 98.6 cm³/mol. The van der Waals surface area contributed by atoms with E-state index in [1.54, 1.807) is 6.92 Å². The maximum absolute atomic E-state index is 14.0. The van der Waals surface area contributed by atoms with Crippen LogP contribution in [0.5, 0.6) is 0 Å². The molecule has 1 aromatic carbocycles. The number of aryl methyl sites for hydroxylation is 2. The summed E-state index contributed by atoms with van der Waals surface area (Å²) in [6, 6.07) is 5.73. The van der Waals surface area contributed by atoms with Crippen molar-refractivity contribution >= 4 is 34.9 Å². The first-order valence-corrected chi connectivity index (χ1v) is 8.83. The van der Waals surface area contributed by atoms with Gasteiger partial charge in [0.15, 0.2) is 11.5 Å². The first-order chi connectivity index (χ1) is 13.5. The topological polar surface area (TPSA) is 64.7 Å². The van der Waals surface area contributed by atoms with Crippen molar-refractivity contribution in [1.29, 1.82) is 0 Å². The summed E-state index contributed by atoms with van der Waals surface area (Å²) in [4.78, 5) is 12.4. The summed E-state index contributed by atoms with van der Waals surface area (Å²) >= 11 is 11.7. The molecular formula is C17H13Cl2F4N5O. The SMILES string of the molecule is Cc1cc(NC(=O)c2c(Cl)c(C(F)(F)F)nn2C)nn1Cc1c(F)cccc1Cl. The predicted octanol–water partition coefficient (Wildman–Crippen LogP) is 4.69. The highest BCUT2D eigenvalue weighted by atomic mass is 35.5. The van der Waals surface area contributed by atoms with E-state index in [0.29, 0.717) is 5.69 Å². The van der Waals surface area contributed by atoms with Crippen LogP contribution < -0.4 is 5.32 Å². The molecule has 3 aromatic rings. The quantitative estimate of drug-likeness (QED) is 0.587. The number of halogens is 6. The molecule has 6 nitrogen and oxygen atoms in total. The molecule has 0 aliphatic carbocycles. The van der Waals surface area contributed by atoms with Crippen LogP contribution in [0.4, 0.5) is 23.4 Å². The standard InChI is InChI=1S/C17H13Cl2F4N5O/c1-8-6-12(25-28(8)7-9-10(18)4-3-5-11(9)20)24-16(29)14-13(19)15(17(21,22)23)26-27(14)2/h3-6H,7H2,1-2H3,(H,24,25,29). The van der Waals surface area contributed by atoms with Gasteiger partial charge in [-0.15, -0.1) is 0 Å². The van der Waals surface area contributed by atoms with Crippen LogP contribution in [-0.4, -0.2) is 25.5 Å². The number of hydrogen-bond donors (Lipinski definition) is 1. The van der Waals surface area contributed by atoms with E-state index in [-0.39, 0.29) is 22.9 Å². The fourth-order valence-electron chi connectivity index (χ4n) is 2.67. The minimum Gasteiger partial charge on any atom is -0.304 e. The number of rotatable bonds is 4. The number of nitrogens with one attached hydrogen (secondary N) is 1. The summed E-state index contributed by atoms with van der Waals surface area (Å²) in [5.74, 6) is -1.39. The molecule has 0 unspecified atom stereocenters. The van der Waals surface area contributed by atoms with E-state index in [0.717, 1.165) is 4.68 Å². The lowest BCUT2D eigenvalue weighted by molar-refractivity contribution is -0.141. The van der Waals surface area contributed by atoms with E-state index in [1.165, 1.54) is 36.0 Å². The zero-order chi connectivity index (χ0) is 21.5. The van der Waals surface area contributed by atoms with Gasteiger partial charge in [0.25, 0.3) is 5.91 Å². The minimum absolute atomic E-state index is 0.00208. The Balaban J connectivity index is 1.85. The normalized spacial score (nSPS) is 11.7. The van der Waals surface area contributed by atoms with Gasteiger partial charge in [0.05, 0.1) is 6.54 Å². The van der Waals surface area contributed by atoms with E-state index < -0.39 is 34.3 Å². The van der Waals surface area contributed by atoms with Crippen LogP contribution in [0.25, 0.3) is 0 Å². The van der Waals surface area contributed by atoms with E-state index in [1.807, 2.05) is 0 Å². The number of amides is 1. The molecule has 0 spiro atoms. The van der Waals surface area contributed by atoms with Gasteiger partial charge in [0.1, 0.15) is 16.5 Å². The lowest BCUT2D eigenvalue weighted by atomic mass is 10.2. The fraction of sp³-hybridized carbons (Fsp3) is 0.235. The second kappa shape index (κ2) is 7.68. The number of alkyl halides is 3.